The van der Waals surface area contributed by atoms with E-state index >= 15 is 0 Å². The molecule has 3 rings (SSSR count). The normalized spacial score (nSPS) is 12.3. The van der Waals surface area contributed by atoms with Gasteiger partial charge in [-0.2, -0.15) is 0 Å². The molecule has 2 unspecified atom stereocenters. The molecule has 0 bridgehead atoms. The van der Waals surface area contributed by atoms with Gasteiger partial charge in [-0.1, -0.05) is 90.0 Å². The van der Waals surface area contributed by atoms with E-state index in [9.17, 15) is 13.2 Å². The Morgan fingerprint density at radius 2 is 1.42 bits per heavy atom. The van der Waals surface area contributed by atoms with Crippen LogP contribution in [0.15, 0.2) is 84.9 Å². The first-order chi connectivity index (χ1) is 15.4. The number of carbonyl (C=O) groups is 1. The Bertz CT molecular complexity index is 1100. The van der Waals surface area contributed by atoms with Crippen LogP contribution in [0.2, 0.25) is 0 Å². The number of hydrogen-bond donors (Lipinski definition) is 0. The molecule has 9 heteroatoms. The van der Waals surface area contributed by atoms with Crippen molar-refractivity contribution in [2.75, 3.05) is 7.11 Å². The summed E-state index contributed by atoms with van der Waals surface area (Å²) < 4.78 is 34.8. The van der Waals surface area contributed by atoms with Crippen molar-refractivity contribution >= 4 is 25.7 Å². The van der Waals surface area contributed by atoms with Crippen LogP contribution in [0.5, 0.6) is 0 Å². The first kappa shape index (κ1) is 28.9. The third-order valence-corrected chi connectivity index (χ3v) is 5.87. The van der Waals surface area contributed by atoms with Gasteiger partial charge in [-0.15, -0.1) is 12.1 Å². The van der Waals surface area contributed by atoms with Crippen molar-refractivity contribution in [1.82, 2.24) is 0 Å². The minimum atomic E-state index is -4.00. The summed E-state index contributed by atoms with van der Waals surface area (Å²) in [6.45, 7) is 0. The van der Waals surface area contributed by atoms with Gasteiger partial charge in [-0.25, -0.2) is 13.2 Å². The molecule has 0 saturated heterocycles. The standard InChI is InChI=1S/C23H22N2O4S.CH3.ClH.Ru/c1-29-23(26)20-15-9-8-14-19(20)16-30(27,28)25-22(18-12-6-3-7-13-18)21(24)17-10-4-2-5-11-17;;;/h2-15,21-22,24H,16H2,1H3;1H3;1H;/q-2;-1;;+4/p-1. The van der Waals surface area contributed by atoms with Gasteiger partial charge >= 0.3 is 33.0 Å². The summed E-state index contributed by atoms with van der Waals surface area (Å²) in [7, 11) is 1.81. The van der Waals surface area contributed by atoms with Crippen molar-refractivity contribution in [2.45, 2.75) is 17.8 Å². The summed E-state index contributed by atoms with van der Waals surface area (Å²) in [6.07, 6.45) is 0. The number of rotatable bonds is 8. The molecule has 0 saturated carbocycles. The molecule has 0 fully saturated rings. The minimum absolute atomic E-state index is 0. The molecular formula is C24H25ClN2O4RuS. The van der Waals surface area contributed by atoms with Crippen LogP contribution in [-0.2, 0) is 37.8 Å². The predicted molar refractivity (Wildman–Crippen MR) is 129 cm³/mol. The van der Waals surface area contributed by atoms with Gasteiger partial charge in [0.05, 0.1) is 28.4 Å². The number of esters is 1. The first-order valence-corrected chi connectivity index (χ1v) is 13.3. The summed E-state index contributed by atoms with van der Waals surface area (Å²) in [5, 5.41) is 0. The Labute approximate surface area is 210 Å². The fraction of sp³-hybridized carbons (Fsp3) is 0.167. The molecule has 0 radical (unpaired) electrons. The number of sulfonamides is 1. The third-order valence-electron chi connectivity index (χ3n) is 4.65. The van der Waals surface area contributed by atoms with Gasteiger partial charge in [0.25, 0.3) is 0 Å². The van der Waals surface area contributed by atoms with E-state index in [1.54, 1.807) is 66.7 Å². The molecular weight excluding hydrogens is 549 g/mol. The number of methoxy groups -OCH3 is 1. The quantitative estimate of drug-likeness (QED) is 0.178. The van der Waals surface area contributed by atoms with Crippen molar-refractivity contribution in [1.29, 1.82) is 0 Å². The summed E-state index contributed by atoms with van der Waals surface area (Å²) in [5.74, 6) is -1.06. The zero-order chi connectivity index (χ0) is 23.6. The van der Waals surface area contributed by atoms with E-state index in [2.05, 4.69) is 14.4 Å². The van der Waals surface area contributed by atoms with E-state index in [1.807, 2.05) is 29.4 Å². The SMILES string of the molecule is COC(=O)c1ccccc1CS(=O)(=O)[N-]C(c1ccccc1)C([NH-])c1ccccc1.[CH3-].[Cl][Ru+3]. The summed E-state index contributed by atoms with van der Waals surface area (Å²) in [6, 6.07) is 22.5. The summed E-state index contributed by atoms with van der Waals surface area (Å²) in [5.41, 5.74) is 10.5. The van der Waals surface area contributed by atoms with E-state index < -0.39 is 33.8 Å². The molecule has 176 valence electrons. The topological polar surface area (TPSA) is 98.3 Å². The number of hydrogen-bond acceptors (Lipinski definition) is 4. The van der Waals surface area contributed by atoms with Crippen molar-refractivity contribution in [3.8, 4) is 0 Å². The zero-order valence-corrected chi connectivity index (χ0v) is 21.5. The molecule has 0 aliphatic carbocycles. The Hall–Kier alpha value is -2.09. The number of carbonyl (C=O) groups excluding carboxylic acids is 1. The van der Waals surface area contributed by atoms with Gasteiger partial charge in [0.15, 0.2) is 0 Å². The van der Waals surface area contributed by atoms with Crippen LogP contribution in [0.4, 0.5) is 0 Å². The van der Waals surface area contributed by atoms with Gasteiger partial charge in [-0.05, 0) is 11.6 Å². The Balaban J connectivity index is 0.00000177. The molecule has 33 heavy (non-hydrogen) atoms. The van der Waals surface area contributed by atoms with E-state index in [1.165, 1.54) is 13.2 Å². The summed E-state index contributed by atoms with van der Waals surface area (Å²) in [4.78, 5) is 12.0. The van der Waals surface area contributed by atoms with Crippen LogP contribution < -0.4 is 0 Å². The van der Waals surface area contributed by atoms with Crippen LogP contribution in [0, 0.1) is 7.43 Å². The molecule has 0 heterocycles. The predicted octanol–water partition coefficient (Wildman–Crippen LogP) is 6.35. The second-order valence-electron chi connectivity index (χ2n) is 6.72. The van der Waals surface area contributed by atoms with Gasteiger partial charge in [0.1, 0.15) is 0 Å². The van der Waals surface area contributed by atoms with Crippen LogP contribution in [-0.4, -0.2) is 21.5 Å². The first-order valence-electron chi connectivity index (χ1n) is 9.46. The molecule has 0 aliphatic heterocycles. The molecule has 6 nitrogen and oxygen atoms in total. The van der Waals surface area contributed by atoms with Crippen LogP contribution in [0.3, 0.4) is 0 Å². The average molecular weight is 574 g/mol. The summed E-state index contributed by atoms with van der Waals surface area (Å²) >= 11 is 1.82. The van der Waals surface area contributed by atoms with Gasteiger partial charge in [-0.3, -0.25) is 0 Å². The Morgan fingerprint density at radius 1 is 0.939 bits per heavy atom. The van der Waals surface area contributed by atoms with Gasteiger partial charge < -0.3 is 22.6 Å². The van der Waals surface area contributed by atoms with Crippen LogP contribution in [0.1, 0.15) is 39.1 Å². The molecule has 0 spiro atoms. The molecule has 0 aliphatic rings. The average Bonchev–Trinajstić information content (AvgIpc) is 2.84. The van der Waals surface area contributed by atoms with E-state index in [0.29, 0.717) is 16.7 Å². The van der Waals surface area contributed by atoms with Crippen molar-refractivity contribution < 1.29 is 35.3 Å². The number of nitrogens with one attached hydrogen (secondary N) is 1. The zero-order valence-electron chi connectivity index (χ0n) is 18.2. The number of nitrogens with zero attached hydrogens (tertiary/aromatic N) is 1. The van der Waals surface area contributed by atoms with Crippen molar-refractivity contribution in [3.63, 3.8) is 0 Å². The maximum absolute atomic E-state index is 13.0. The fourth-order valence-corrected chi connectivity index (χ4v) is 4.48. The van der Waals surface area contributed by atoms with Crippen LogP contribution in [0.25, 0.3) is 10.5 Å². The van der Waals surface area contributed by atoms with E-state index in [4.69, 9.17) is 10.5 Å². The number of halogens is 1. The van der Waals surface area contributed by atoms with Gasteiger partial charge in [0, 0.05) is 0 Å². The molecule has 3 aromatic rings. The van der Waals surface area contributed by atoms with Crippen LogP contribution >= 0.6 is 9.69 Å². The van der Waals surface area contributed by atoms with Crippen molar-refractivity contribution in [2.24, 2.45) is 0 Å². The van der Waals surface area contributed by atoms with Crippen molar-refractivity contribution in [3.05, 3.63) is 125 Å². The molecule has 0 amide bonds. The van der Waals surface area contributed by atoms with Gasteiger partial charge in [0.2, 0.25) is 0 Å². The van der Waals surface area contributed by atoms with E-state index in [0.717, 1.165) is 0 Å². The monoisotopic (exact) mass is 574 g/mol. The second-order valence-corrected chi connectivity index (χ2v) is 8.39. The number of ether oxygens (including phenoxy) is 1. The number of benzene rings is 3. The third kappa shape index (κ3) is 8.32. The Morgan fingerprint density at radius 3 is 1.97 bits per heavy atom. The maximum atomic E-state index is 13.0. The fourth-order valence-electron chi connectivity index (χ4n) is 3.17. The molecule has 2 atom stereocenters. The molecule has 3 aromatic carbocycles. The molecule has 1 N–H and O–H groups in total. The second kappa shape index (κ2) is 14.2. The molecule has 0 aromatic heterocycles. The Kier molecular flexibility index (Phi) is 12.5. The van der Waals surface area contributed by atoms with E-state index in [-0.39, 0.29) is 13.0 Å².